The van der Waals surface area contributed by atoms with Gasteiger partial charge < -0.3 is 15.5 Å². The number of hydrogen-bond acceptors (Lipinski definition) is 3. The minimum absolute atomic E-state index is 0.0771. The molecule has 2 N–H and O–H groups in total. The molecular weight excluding hydrogens is 343 g/mol. The Bertz CT molecular complexity index is 609. The third-order valence-corrected chi connectivity index (χ3v) is 6.01. The van der Waals surface area contributed by atoms with Crippen LogP contribution in [0.5, 0.6) is 0 Å². The van der Waals surface area contributed by atoms with Gasteiger partial charge in [-0.3, -0.25) is 4.90 Å². The number of nitrogens with zero attached hydrogens (tertiary/aromatic N) is 2. The van der Waals surface area contributed by atoms with Crippen molar-refractivity contribution in [1.82, 2.24) is 15.5 Å². The van der Waals surface area contributed by atoms with Gasteiger partial charge in [0.1, 0.15) is 5.82 Å². The molecule has 3 rings (SSSR count). The van der Waals surface area contributed by atoms with Crippen LogP contribution in [0, 0.1) is 11.7 Å². The standard InChI is InChI=1S/C21H33FN4O/c1-16-5-3-4-11-26(16)17(2)13-23-21(27)24-14-18-10-12-25(15-18)20-8-6-19(22)7-9-20/h6-9,16-18H,3-5,10-15H2,1-2H3,(H2,23,24,27)/t16-,17+,18-/m1/s1. The summed E-state index contributed by atoms with van der Waals surface area (Å²) in [5.41, 5.74) is 1.05. The first-order valence-electron chi connectivity index (χ1n) is 10.3. The lowest BCUT2D eigenvalue weighted by molar-refractivity contribution is 0.114. The van der Waals surface area contributed by atoms with Crippen LogP contribution in [0.1, 0.15) is 39.5 Å². The number of nitrogens with one attached hydrogen (secondary N) is 2. The van der Waals surface area contributed by atoms with E-state index in [2.05, 4.69) is 34.3 Å². The van der Waals surface area contributed by atoms with E-state index in [1.165, 1.54) is 31.4 Å². The Labute approximate surface area is 162 Å². The molecule has 2 heterocycles. The SMILES string of the molecule is C[C@@H]1CCCCN1[C@@H](C)CNC(=O)NC[C@H]1CCN(c2ccc(F)cc2)C1. The number of likely N-dealkylation sites (tertiary alicyclic amines) is 1. The van der Waals surface area contributed by atoms with Gasteiger partial charge in [-0.25, -0.2) is 9.18 Å². The normalized spacial score (nSPS) is 24.6. The summed E-state index contributed by atoms with van der Waals surface area (Å²) in [4.78, 5) is 16.9. The number of benzene rings is 1. The van der Waals surface area contributed by atoms with E-state index >= 15 is 0 Å². The number of hydrogen-bond donors (Lipinski definition) is 2. The molecule has 0 radical (unpaired) electrons. The van der Waals surface area contributed by atoms with Crippen LogP contribution >= 0.6 is 0 Å². The Balaban J connectivity index is 1.35. The van der Waals surface area contributed by atoms with Crippen molar-refractivity contribution in [2.75, 3.05) is 37.6 Å². The monoisotopic (exact) mass is 376 g/mol. The molecule has 27 heavy (non-hydrogen) atoms. The quantitative estimate of drug-likeness (QED) is 0.801. The summed E-state index contributed by atoms with van der Waals surface area (Å²) in [6, 6.07) is 7.53. The van der Waals surface area contributed by atoms with Crippen molar-refractivity contribution in [3.63, 3.8) is 0 Å². The molecule has 1 aromatic rings. The molecule has 2 fully saturated rings. The molecule has 3 atom stereocenters. The highest BCUT2D eigenvalue weighted by Crippen LogP contribution is 2.23. The number of amides is 2. The van der Waals surface area contributed by atoms with Crippen LogP contribution in [0.15, 0.2) is 24.3 Å². The maximum Gasteiger partial charge on any atom is 0.314 e. The first kappa shape index (κ1) is 19.9. The highest BCUT2D eigenvalue weighted by Gasteiger charge is 2.25. The fourth-order valence-corrected chi connectivity index (χ4v) is 4.32. The minimum Gasteiger partial charge on any atom is -0.371 e. The zero-order valence-electron chi connectivity index (χ0n) is 16.6. The summed E-state index contributed by atoms with van der Waals surface area (Å²) in [6.07, 6.45) is 4.86. The number of halogens is 1. The van der Waals surface area contributed by atoms with Gasteiger partial charge in [0.25, 0.3) is 0 Å². The summed E-state index contributed by atoms with van der Waals surface area (Å²) in [5.74, 6) is 0.223. The highest BCUT2D eigenvalue weighted by atomic mass is 19.1. The smallest absolute Gasteiger partial charge is 0.314 e. The number of urea groups is 1. The van der Waals surface area contributed by atoms with Gasteiger partial charge in [-0.2, -0.15) is 0 Å². The molecule has 150 valence electrons. The van der Waals surface area contributed by atoms with Gasteiger partial charge in [0.15, 0.2) is 0 Å². The van der Waals surface area contributed by atoms with Crippen LogP contribution in [0.4, 0.5) is 14.9 Å². The maximum atomic E-state index is 13.1. The van der Waals surface area contributed by atoms with Crippen molar-refractivity contribution in [3.8, 4) is 0 Å². The Kier molecular flexibility index (Phi) is 6.94. The Hall–Kier alpha value is -1.82. The van der Waals surface area contributed by atoms with Crippen molar-refractivity contribution in [1.29, 1.82) is 0 Å². The van der Waals surface area contributed by atoms with Gasteiger partial charge in [0.05, 0.1) is 0 Å². The van der Waals surface area contributed by atoms with Crippen LogP contribution in [0.3, 0.4) is 0 Å². The molecule has 6 heteroatoms. The van der Waals surface area contributed by atoms with Gasteiger partial charge in [-0.15, -0.1) is 0 Å². The van der Waals surface area contributed by atoms with Crippen molar-refractivity contribution in [2.24, 2.45) is 5.92 Å². The van der Waals surface area contributed by atoms with E-state index in [4.69, 9.17) is 0 Å². The van der Waals surface area contributed by atoms with Crippen molar-refractivity contribution in [3.05, 3.63) is 30.1 Å². The summed E-state index contributed by atoms with van der Waals surface area (Å²) in [7, 11) is 0. The van der Waals surface area contributed by atoms with Gasteiger partial charge in [0.2, 0.25) is 0 Å². The third kappa shape index (κ3) is 5.58. The molecule has 2 aliphatic heterocycles. The molecule has 0 unspecified atom stereocenters. The molecule has 0 saturated carbocycles. The molecule has 0 aromatic heterocycles. The lowest BCUT2D eigenvalue weighted by Gasteiger charge is -2.38. The van der Waals surface area contributed by atoms with E-state index < -0.39 is 0 Å². The van der Waals surface area contributed by atoms with Crippen molar-refractivity contribution < 1.29 is 9.18 Å². The van der Waals surface area contributed by atoms with Crippen molar-refractivity contribution >= 4 is 11.7 Å². The number of piperidine rings is 1. The highest BCUT2D eigenvalue weighted by molar-refractivity contribution is 5.73. The Morgan fingerprint density at radius 2 is 1.96 bits per heavy atom. The maximum absolute atomic E-state index is 13.1. The Morgan fingerprint density at radius 3 is 2.70 bits per heavy atom. The minimum atomic E-state index is -0.207. The van der Waals surface area contributed by atoms with Gasteiger partial charge >= 0.3 is 6.03 Å². The lowest BCUT2D eigenvalue weighted by atomic mass is 10.0. The van der Waals surface area contributed by atoms with Crippen LogP contribution in [0.2, 0.25) is 0 Å². The molecule has 0 bridgehead atoms. The second-order valence-corrected chi connectivity index (χ2v) is 8.10. The Morgan fingerprint density at radius 1 is 1.19 bits per heavy atom. The molecule has 2 saturated heterocycles. The van der Waals surface area contributed by atoms with E-state index in [9.17, 15) is 9.18 Å². The fourth-order valence-electron chi connectivity index (χ4n) is 4.32. The molecular formula is C21H33FN4O. The molecule has 5 nitrogen and oxygen atoms in total. The van der Waals surface area contributed by atoms with Crippen LogP contribution in [-0.2, 0) is 0 Å². The first-order chi connectivity index (χ1) is 13.0. The van der Waals surface area contributed by atoms with Crippen LogP contribution < -0.4 is 15.5 Å². The summed E-state index contributed by atoms with van der Waals surface area (Å²) < 4.78 is 13.1. The number of carbonyl (C=O) groups is 1. The molecule has 1 aromatic carbocycles. The van der Waals surface area contributed by atoms with Gasteiger partial charge in [-0.1, -0.05) is 6.42 Å². The zero-order chi connectivity index (χ0) is 19.2. The number of anilines is 1. The molecule has 0 aliphatic carbocycles. The predicted molar refractivity (Wildman–Crippen MR) is 108 cm³/mol. The van der Waals surface area contributed by atoms with Crippen LogP contribution in [-0.4, -0.2) is 55.7 Å². The van der Waals surface area contributed by atoms with E-state index in [0.29, 0.717) is 31.1 Å². The van der Waals surface area contributed by atoms with E-state index in [-0.39, 0.29) is 11.8 Å². The molecule has 2 aliphatic rings. The van der Waals surface area contributed by atoms with Crippen molar-refractivity contribution in [2.45, 2.75) is 51.6 Å². The fraction of sp³-hybridized carbons (Fsp3) is 0.667. The second-order valence-electron chi connectivity index (χ2n) is 8.10. The first-order valence-corrected chi connectivity index (χ1v) is 10.3. The average molecular weight is 377 g/mol. The predicted octanol–water partition coefficient (Wildman–Crippen LogP) is 3.21. The molecule has 0 spiro atoms. The largest absolute Gasteiger partial charge is 0.371 e. The summed E-state index contributed by atoms with van der Waals surface area (Å²) >= 11 is 0. The van der Waals surface area contributed by atoms with Gasteiger partial charge in [0, 0.05) is 44.0 Å². The van der Waals surface area contributed by atoms with Crippen LogP contribution in [0.25, 0.3) is 0 Å². The van der Waals surface area contributed by atoms with E-state index in [1.54, 1.807) is 0 Å². The number of rotatable bonds is 6. The van der Waals surface area contributed by atoms with E-state index in [1.807, 2.05) is 12.1 Å². The third-order valence-electron chi connectivity index (χ3n) is 6.01. The topological polar surface area (TPSA) is 47.6 Å². The summed E-state index contributed by atoms with van der Waals surface area (Å²) in [5, 5.41) is 6.05. The zero-order valence-corrected chi connectivity index (χ0v) is 16.6. The van der Waals surface area contributed by atoms with Gasteiger partial charge in [-0.05, 0) is 69.8 Å². The average Bonchev–Trinajstić information content (AvgIpc) is 3.14. The van der Waals surface area contributed by atoms with E-state index in [0.717, 1.165) is 31.7 Å². The number of carbonyl (C=O) groups excluding carboxylic acids is 1. The molecule has 2 amide bonds. The second kappa shape index (κ2) is 9.40. The lowest BCUT2D eigenvalue weighted by Crippen LogP contribution is -2.50. The summed E-state index contributed by atoms with van der Waals surface area (Å²) in [6.45, 7) is 8.81.